The number of aromatic nitrogens is 1. The lowest BCUT2D eigenvalue weighted by atomic mass is 9.93. The molecule has 0 aliphatic heterocycles. The first kappa shape index (κ1) is 28.9. The summed E-state index contributed by atoms with van der Waals surface area (Å²) in [5, 5.41) is 3.05. The Morgan fingerprint density at radius 2 is 1.83 bits per heavy atom. The molecule has 5 rings (SSSR count). The average molecular weight is 569 g/mol. The summed E-state index contributed by atoms with van der Waals surface area (Å²) in [7, 11) is 0. The van der Waals surface area contributed by atoms with Gasteiger partial charge < -0.3 is 15.8 Å². The van der Waals surface area contributed by atoms with Gasteiger partial charge in [-0.2, -0.15) is 0 Å². The fourth-order valence-corrected chi connectivity index (χ4v) is 4.83. The van der Waals surface area contributed by atoms with E-state index in [0.717, 1.165) is 30.0 Å². The van der Waals surface area contributed by atoms with E-state index in [-0.39, 0.29) is 29.6 Å². The second-order valence-electron chi connectivity index (χ2n) is 10.6. The van der Waals surface area contributed by atoms with Gasteiger partial charge in [-0.25, -0.2) is 13.8 Å². The predicted molar refractivity (Wildman–Crippen MR) is 162 cm³/mol. The lowest BCUT2D eigenvalue weighted by Crippen LogP contribution is -2.29. The molecule has 1 aromatic heterocycles. The number of carbonyl (C=O) groups excluding carboxylic acids is 1. The Hall–Kier alpha value is -4.59. The third-order valence-electron chi connectivity index (χ3n) is 7.32. The number of carbonyl (C=O) groups is 1. The van der Waals surface area contributed by atoms with Crippen molar-refractivity contribution >= 4 is 17.8 Å². The molecule has 0 saturated heterocycles. The van der Waals surface area contributed by atoms with E-state index in [2.05, 4.69) is 10.3 Å². The normalized spacial score (nSPS) is 13.7. The Morgan fingerprint density at radius 3 is 2.55 bits per heavy atom. The van der Waals surface area contributed by atoms with E-state index in [9.17, 15) is 9.18 Å². The van der Waals surface area contributed by atoms with Gasteiger partial charge in [-0.3, -0.25) is 9.79 Å². The monoisotopic (exact) mass is 568 g/mol. The number of nitrogen functional groups attached to an aromatic ring is 1. The first-order valence-corrected chi connectivity index (χ1v) is 14.1. The molecule has 0 bridgehead atoms. The van der Waals surface area contributed by atoms with Gasteiger partial charge in [0, 0.05) is 47.1 Å². The second kappa shape index (κ2) is 12.5. The molecule has 8 heteroatoms. The molecule has 0 spiro atoms. The smallest absolute Gasteiger partial charge is 0.251 e. The van der Waals surface area contributed by atoms with Crippen LogP contribution in [0.15, 0.2) is 71.7 Å². The summed E-state index contributed by atoms with van der Waals surface area (Å²) in [5.41, 5.74) is 10.9. The molecule has 1 unspecified atom stereocenters. The average Bonchev–Trinajstić information content (AvgIpc) is 3.81. The van der Waals surface area contributed by atoms with Crippen LogP contribution in [0.25, 0.3) is 11.3 Å². The number of rotatable bonds is 10. The van der Waals surface area contributed by atoms with Crippen molar-refractivity contribution in [1.29, 1.82) is 0 Å². The molecule has 3 N–H and O–H groups in total. The zero-order valence-electron chi connectivity index (χ0n) is 24.0. The van der Waals surface area contributed by atoms with Crippen molar-refractivity contribution in [1.82, 2.24) is 10.3 Å². The lowest BCUT2D eigenvalue weighted by Gasteiger charge is -2.22. The van der Waals surface area contributed by atoms with Gasteiger partial charge in [-0.05, 0) is 80.6 Å². The van der Waals surface area contributed by atoms with E-state index >= 15 is 4.39 Å². The number of nitrogens with two attached hydrogens (primary N) is 1. The molecule has 6 nitrogen and oxygen atoms in total. The van der Waals surface area contributed by atoms with Crippen molar-refractivity contribution in [2.45, 2.75) is 45.6 Å². The van der Waals surface area contributed by atoms with Gasteiger partial charge in [-0.1, -0.05) is 30.3 Å². The van der Waals surface area contributed by atoms with E-state index in [4.69, 9.17) is 15.5 Å². The molecule has 1 saturated carbocycles. The zero-order chi connectivity index (χ0) is 29.8. The second-order valence-corrected chi connectivity index (χ2v) is 10.6. The number of aryl methyl sites for hydroxylation is 2. The van der Waals surface area contributed by atoms with Crippen LogP contribution < -0.4 is 15.8 Å². The summed E-state index contributed by atoms with van der Waals surface area (Å²) in [4.78, 5) is 22.7. The SMILES string of the molecule is CCOc1c(C)cc(C(CNC(=O)c2ccc(N)c(C=NC3CC3)c2)c2ccccc2)nc1-c1cc(C)c(F)cc1F. The number of aliphatic imine (C=N–C) groups is 1. The minimum atomic E-state index is -0.725. The Bertz CT molecular complexity index is 1630. The van der Waals surface area contributed by atoms with Crippen LogP contribution in [-0.2, 0) is 0 Å². The van der Waals surface area contributed by atoms with Crippen LogP contribution in [0.3, 0.4) is 0 Å². The van der Waals surface area contributed by atoms with Gasteiger partial charge in [0.1, 0.15) is 23.1 Å². The number of ether oxygens (including phenoxy) is 1. The third-order valence-corrected chi connectivity index (χ3v) is 7.32. The molecule has 1 aliphatic carbocycles. The van der Waals surface area contributed by atoms with Gasteiger partial charge in [-0.15, -0.1) is 0 Å². The van der Waals surface area contributed by atoms with Crippen molar-refractivity contribution in [3.63, 3.8) is 0 Å². The maximum atomic E-state index is 15.1. The van der Waals surface area contributed by atoms with Crippen LogP contribution in [0.2, 0.25) is 0 Å². The van der Waals surface area contributed by atoms with E-state index in [1.807, 2.05) is 50.2 Å². The van der Waals surface area contributed by atoms with Crippen LogP contribution in [-0.4, -0.2) is 36.3 Å². The van der Waals surface area contributed by atoms with Crippen molar-refractivity contribution in [2.75, 3.05) is 18.9 Å². The molecule has 1 fully saturated rings. The number of nitrogens with zero attached hydrogens (tertiary/aromatic N) is 2. The maximum absolute atomic E-state index is 15.1. The largest absolute Gasteiger partial charge is 0.491 e. The van der Waals surface area contributed by atoms with Crippen molar-refractivity contribution < 1.29 is 18.3 Å². The van der Waals surface area contributed by atoms with Crippen molar-refractivity contribution in [2.24, 2.45) is 4.99 Å². The van der Waals surface area contributed by atoms with Crippen LogP contribution in [0, 0.1) is 25.5 Å². The Labute approximate surface area is 244 Å². The van der Waals surface area contributed by atoms with Crippen LogP contribution in [0.5, 0.6) is 5.75 Å². The molecule has 216 valence electrons. The number of halogens is 2. The molecule has 0 radical (unpaired) electrons. The van der Waals surface area contributed by atoms with Gasteiger partial charge in [0.15, 0.2) is 0 Å². The summed E-state index contributed by atoms with van der Waals surface area (Å²) in [5.74, 6) is -1.55. The molecule has 1 atom stereocenters. The highest BCUT2D eigenvalue weighted by Gasteiger charge is 2.24. The van der Waals surface area contributed by atoms with E-state index < -0.39 is 11.6 Å². The number of hydrogen-bond donors (Lipinski definition) is 2. The first-order valence-electron chi connectivity index (χ1n) is 14.1. The number of hydrogen-bond acceptors (Lipinski definition) is 5. The quantitative estimate of drug-likeness (QED) is 0.163. The Balaban J connectivity index is 1.50. The van der Waals surface area contributed by atoms with Crippen LogP contribution >= 0.6 is 0 Å². The Kier molecular flexibility index (Phi) is 8.61. The fraction of sp³-hybridized carbons (Fsp3) is 0.265. The summed E-state index contributed by atoms with van der Waals surface area (Å²) in [6.45, 7) is 5.87. The maximum Gasteiger partial charge on any atom is 0.251 e. The minimum Gasteiger partial charge on any atom is -0.491 e. The van der Waals surface area contributed by atoms with Crippen molar-refractivity contribution in [3.05, 3.63) is 112 Å². The number of amides is 1. The molecule has 4 aromatic rings. The van der Waals surface area contributed by atoms with E-state index in [1.165, 1.54) is 6.07 Å². The van der Waals surface area contributed by atoms with E-state index in [0.29, 0.717) is 46.5 Å². The molecular weight excluding hydrogens is 534 g/mol. The van der Waals surface area contributed by atoms with Crippen molar-refractivity contribution in [3.8, 4) is 17.0 Å². The number of anilines is 1. The summed E-state index contributed by atoms with van der Waals surface area (Å²) in [6.07, 6.45) is 3.89. The molecule has 1 heterocycles. The highest BCUT2D eigenvalue weighted by molar-refractivity contribution is 5.98. The topological polar surface area (TPSA) is 89.6 Å². The fourth-order valence-electron chi connectivity index (χ4n) is 4.83. The summed E-state index contributed by atoms with van der Waals surface area (Å²) in [6, 6.07) is 19.4. The van der Waals surface area contributed by atoms with Gasteiger partial charge in [0.2, 0.25) is 0 Å². The lowest BCUT2D eigenvalue weighted by molar-refractivity contribution is 0.0952. The highest BCUT2D eigenvalue weighted by Crippen LogP contribution is 2.37. The van der Waals surface area contributed by atoms with Crippen LogP contribution in [0.4, 0.5) is 14.5 Å². The molecular formula is C34H34F2N4O2. The molecule has 1 aliphatic rings. The van der Waals surface area contributed by atoms with Gasteiger partial charge in [0.25, 0.3) is 5.91 Å². The number of nitrogens with one attached hydrogen (secondary N) is 1. The summed E-state index contributed by atoms with van der Waals surface area (Å²) >= 11 is 0. The van der Waals surface area contributed by atoms with Gasteiger partial charge >= 0.3 is 0 Å². The highest BCUT2D eigenvalue weighted by atomic mass is 19.1. The molecule has 3 aromatic carbocycles. The van der Waals surface area contributed by atoms with Crippen LogP contribution in [0.1, 0.15) is 64.0 Å². The first-order chi connectivity index (χ1) is 20.2. The Morgan fingerprint density at radius 1 is 1.07 bits per heavy atom. The van der Waals surface area contributed by atoms with E-state index in [1.54, 1.807) is 31.3 Å². The number of pyridine rings is 1. The standard InChI is InChI=1S/C34H34F2N4O2/c1-4-42-33-21(3)15-31(40-32(33)26-14-20(2)28(35)17-29(26)36)27(22-8-6-5-7-9-22)19-39-34(41)23-10-13-30(37)24(16-23)18-38-25-11-12-25/h5-10,13-18,25,27H,4,11-12,19,37H2,1-3H3,(H,39,41). The predicted octanol–water partition coefficient (Wildman–Crippen LogP) is 6.77. The number of benzene rings is 3. The third kappa shape index (κ3) is 6.48. The molecule has 1 amide bonds. The minimum absolute atomic E-state index is 0.153. The molecule has 42 heavy (non-hydrogen) atoms. The van der Waals surface area contributed by atoms with Gasteiger partial charge in [0.05, 0.1) is 18.3 Å². The summed E-state index contributed by atoms with van der Waals surface area (Å²) < 4.78 is 35.1. The zero-order valence-corrected chi connectivity index (χ0v) is 24.0.